The lowest BCUT2D eigenvalue weighted by Crippen LogP contribution is -2.36. The fourth-order valence-corrected chi connectivity index (χ4v) is 4.79. The molecule has 0 bridgehead atoms. The summed E-state index contributed by atoms with van der Waals surface area (Å²) in [7, 11) is 4.88. The number of benzene rings is 3. The van der Waals surface area contributed by atoms with Crippen LogP contribution in [-0.4, -0.2) is 79.2 Å². The van der Waals surface area contributed by atoms with E-state index in [1.165, 1.54) is 12.0 Å². The largest absolute Gasteiger partial charge is 0.497 e. The number of nitrogens with zero attached hydrogens (tertiary/aromatic N) is 5. The van der Waals surface area contributed by atoms with Gasteiger partial charge in [0.05, 0.1) is 19.9 Å². The molecule has 46 heavy (non-hydrogen) atoms. The first kappa shape index (κ1) is 33.7. The first-order valence-electron chi connectivity index (χ1n) is 15.2. The lowest BCUT2D eigenvalue weighted by Gasteiger charge is -2.25. The molecule has 1 N–H and O–H groups in total. The van der Waals surface area contributed by atoms with Crippen molar-refractivity contribution in [2.24, 2.45) is 0 Å². The van der Waals surface area contributed by atoms with E-state index < -0.39 is 12.2 Å². The molecule has 0 aliphatic heterocycles. The summed E-state index contributed by atoms with van der Waals surface area (Å²) in [5.41, 5.74) is 2.51. The number of methoxy groups -OCH3 is 2. The predicted octanol–water partition coefficient (Wildman–Crippen LogP) is 6.69. The van der Waals surface area contributed by atoms with Gasteiger partial charge in [-0.25, -0.2) is 14.7 Å². The summed E-state index contributed by atoms with van der Waals surface area (Å²) in [5.74, 6) is 1.40. The Morgan fingerprint density at radius 3 is 2.26 bits per heavy atom. The second kappa shape index (κ2) is 16.2. The number of hydrogen-bond acceptors (Lipinski definition) is 9. The van der Waals surface area contributed by atoms with Crippen LogP contribution in [0.3, 0.4) is 0 Å². The van der Waals surface area contributed by atoms with Gasteiger partial charge < -0.3 is 29.3 Å². The van der Waals surface area contributed by atoms with E-state index in [1.54, 1.807) is 73.7 Å². The number of nitrogens with one attached hydrogen (secondary N) is 1. The Bertz CT molecular complexity index is 1580. The van der Waals surface area contributed by atoms with Gasteiger partial charge in [0.25, 0.3) is 5.91 Å². The first-order valence-corrected chi connectivity index (χ1v) is 15.2. The highest BCUT2D eigenvalue weighted by Crippen LogP contribution is 2.37. The first-order chi connectivity index (χ1) is 22.3. The van der Waals surface area contributed by atoms with Gasteiger partial charge in [0.1, 0.15) is 23.4 Å². The number of carbonyl (C=O) groups is 2. The summed E-state index contributed by atoms with van der Waals surface area (Å²) in [6.45, 7) is 9.39. The van der Waals surface area contributed by atoms with Crippen molar-refractivity contribution >= 4 is 35.1 Å². The van der Waals surface area contributed by atoms with E-state index in [0.717, 1.165) is 25.2 Å². The predicted molar refractivity (Wildman–Crippen MR) is 180 cm³/mol. The van der Waals surface area contributed by atoms with Gasteiger partial charge in [0.2, 0.25) is 5.95 Å². The summed E-state index contributed by atoms with van der Waals surface area (Å²) in [6.07, 6.45) is 0.361. The number of rotatable bonds is 14. The van der Waals surface area contributed by atoms with Crippen LogP contribution in [0.5, 0.6) is 11.5 Å². The molecule has 0 spiro atoms. The molecule has 0 saturated carbocycles. The average molecular weight is 627 g/mol. The van der Waals surface area contributed by atoms with Crippen molar-refractivity contribution in [3.8, 4) is 11.5 Å². The van der Waals surface area contributed by atoms with Gasteiger partial charge in [-0.2, -0.15) is 4.98 Å². The Balaban J connectivity index is 1.57. The number of ether oxygens (including phenoxy) is 3. The molecular formula is C35H42N6O5. The molecule has 242 valence electrons. The van der Waals surface area contributed by atoms with Crippen LogP contribution in [0.1, 0.15) is 42.8 Å². The van der Waals surface area contributed by atoms with Crippen molar-refractivity contribution in [2.45, 2.75) is 26.9 Å². The molecule has 1 heterocycles. The van der Waals surface area contributed by atoms with Crippen molar-refractivity contribution < 1.29 is 23.8 Å². The SMILES string of the molecule is CCN(CC)CCN(C)C(=O)c1ccc(Nc2nccc(N(C(=O)O[C@@H](C)c3ccccc3)c3ccc(OC)cc3OC)n2)cc1. The Morgan fingerprint density at radius 2 is 1.61 bits per heavy atom. The summed E-state index contributed by atoms with van der Waals surface area (Å²) in [5, 5.41) is 3.17. The van der Waals surface area contributed by atoms with Crippen LogP contribution < -0.4 is 19.7 Å². The molecule has 11 nitrogen and oxygen atoms in total. The fourth-order valence-electron chi connectivity index (χ4n) is 4.79. The molecule has 0 aliphatic carbocycles. The highest BCUT2D eigenvalue weighted by molar-refractivity contribution is 5.97. The molecule has 11 heteroatoms. The van der Waals surface area contributed by atoms with Crippen LogP contribution in [0.2, 0.25) is 0 Å². The van der Waals surface area contributed by atoms with E-state index in [4.69, 9.17) is 14.2 Å². The maximum absolute atomic E-state index is 13.8. The van der Waals surface area contributed by atoms with Gasteiger partial charge in [-0.1, -0.05) is 44.2 Å². The monoisotopic (exact) mass is 626 g/mol. The molecule has 0 aliphatic rings. The van der Waals surface area contributed by atoms with Gasteiger partial charge in [-0.05, 0) is 62.0 Å². The summed E-state index contributed by atoms with van der Waals surface area (Å²) in [6, 6.07) is 23.3. The third-order valence-corrected chi connectivity index (χ3v) is 7.61. The van der Waals surface area contributed by atoms with Crippen molar-refractivity contribution in [3.05, 3.63) is 96.2 Å². The Kier molecular flexibility index (Phi) is 11.9. The van der Waals surface area contributed by atoms with E-state index in [0.29, 0.717) is 35.0 Å². The molecule has 0 fully saturated rings. The van der Waals surface area contributed by atoms with Gasteiger partial charge >= 0.3 is 6.09 Å². The van der Waals surface area contributed by atoms with Crippen molar-refractivity contribution in [2.75, 3.05) is 57.7 Å². The zero-order chi connectivity index (χ0) is 33.1. The third-order valence-electron chi connectivity index (χ3n) is 7.61. The Labute approximate surface area is 270 Å². The van der Waals surface area contributed by atoms with Gasteiger partial charge in [-0.15, -0.1) is 0 Å². The minimum Gasteiger partial charge on any atom is -0.497 e. The quantitative estimate of drug-likeness (QED) is 0.164. The van der Waals surface area contributed by atoms with E-state index in [-0.39, 0.29) is 17.7 Å². The summed E-state index contributed by atoms with van der Waals surface area (Å²) >= 11 is 0. The number of likely N-dealkylation sites (N-methyl/N-ethyl adjacent to an activating group) is 2. The maximum Gasteiger partial charge on any atom is 0.420 e. The molecule has 3 aromatic carbocycles. The van der Waals surface area contributed by atoms with Gasteiger partial charge in [0, 0.05) is 49.7 Å². The standard InChI is InChI=1S/C35H42N6O5/c1-7-40(8-2)23-22-39(4)33(42)27-14-16-28(17-15-27)37-34-36-21-20-32(38-34)41(30-19-18-29(44-5)24-31(30)45-6)35(43)46-25(3)26-12-10-9-11-13-26/h9-21,24-25H,7-8,22-23H2,1-6H3,(H,36,37,38)/t25-/m0/s1. The molecule has 0 saturated heterocycles. The molecule has 0 unspecified atom stereocenters. The fraction of sp³-hybridized carbons (Fsp3) is 0.314. The minimum atomic E-state index is -0.655. The van der Waals surface area contributed by atoms with E-state index in [9.17, 15) is 9.59 Å². The normalized spacial score (nSPS) is 11.5. The number of anilines is 4. The third kappa shape index (κ3) is 8.51. The molecular weight excluding hydrogens is 584 g/mol. The average Bonchev–Trinajstić information content (AvgIpc) is 3.09. The lowest BCUT2D eigenvalue weighted by molar-refractivity contribution is 0.0779. The van der Waals surface area contributed by atoms with Crippen LogP contribution in [0, 0.1) is 0 Å². The topological polar surface area (TPSA) is 109 Å². The van der Waals surface area contributed by atoms with Gasteiger partial charge in [0.15, 0.2) is 0 Å². The molecule has 4 aromatic rings. The van der Waals surface area contributed by atoms with Crippen molar-refractivity contribution in [3.63, 3.8) is 0 Å². The highest BCUT2D eigenvalue weighted by atomic mass is 16.6. The van der Waals surface area contributed by atoms with Crippen LogP contribution >= 0.6 is 0 Å². The number of carbonyl (C=O) groups excluding carboxylic acids is 2. The molecule has 0 radical (unpaired) electrons. The second-order valence-corrected chi connectivity index (χ2v) is 10.5. The number of hydrogen-bond donors (Lipinski definition) is 1. The summed E-state index contributed by atoms with van der Waals surface area (Å²) in [4.78, 5) is 41.1. The Hall–Kier alpha value is -5.16. The lowest BCUT2D eigenvalue weighted by atomic mass is 10.1. The van der Waals surface area contributed by atoms with Crippen LogP contribution in [0.4, 0.5) is 27.9 Å². The van der Waals surface area contributed by atoms with Crippen molar-refractivity contribution in [1.82, 2.24) is 19.8 Å². The molecule has 1 atom stereocenters. The highest BCUT2D eigenvalue weighted by Gasteiger charge is 2.27. The van der Waals surface area contributed by atoms with E-state index in [1.807, 2.05) is 37.4 Å². The number of aromatic nitrogens is 2. The number of amides is 2. The molecule has 1 aromatic heterocycles. The van der Waals surface area contributed by atoms with Crippen LogP contribution in [-0.2, 0) is 4.74 Å². The van der Waals surface area contributed by atoms with E-state index >= 15 is 0 Å². The smallest absolute Gasteiger partial charge is 0.420 e. The summed E-state index contributed by atoms with van der Waals surface area (Å²) < 4.78 is 16.9. The zero-order valence-electron chi connectivity index (χ0n) is 27.3. The molecule has 4 rings (SSSR count). The Morgan fingerprint density at radius 1 is 0.891 bits per heavy atom. The van der Waals surface area contributed by atoms with Crippen LogP contribution in [0.25, 0.3) is 0 Å². The van der Waals surface area contributed by atoms with E-state index in [2.05, 4.69) is 34.0 Å². The van der Waals surface area contributed by atoms with Crippen molar-refractivity contribution in [1.29, 1.82) is 0 Å². The molecule has 2 amide bonds. The second-order valence-electron chi connectivity index (χ2n) is 10.5. The zero-order valence-corrected chi connectivity index (χ0v) is 27.3. The maximum atomic E-state index is 13.8. The van der Waals surface area contributed by atoms with Gasteiger partial charge in [-0.3, -0.25) is 4.79 Å². The minimum absolute atomic E-state index is 0.0516. The van der Waals surface area contributed by atoms with Crippen LogP contribution in [0.15, 0.2) is 85.1 Å².